The largest absolute Gasteiger partial charge is 0.372 e. The number of amides is 1. The van der Waals surface area contributed by atoms with Gasteiger partial charge in [0.05, 0.1) is 0 Å². The average Bonchev–Trinajstić information content (AvgIpc) is 3.07. The summed E-state index contributed by atoms with van der Waals surface area (Å²) < 4.78 is 28.3. The van der Waals surface area contributed by atoms with Crippen molar-refractivity contribution in [2.24, 2.45) is 7.05 Å². The highest BCUT2D eigenvalue weighted by atomic mass is 32.2. The molecule has 0 fully saturated rings. The summed E-state index contributed by atoms with van der Waals surface area (Å²) >= 11 is 0. The van der Waals surface area contributed by atoms with Crippen LogP contribution in [-0.2, 0) is 17.1 Å². The Morgan fingerprint density at radius 1 is 1.00 bits per heavy atom. The van der Waals surface area contributed by atoms with Crippen molar-refractivity contribution in [1.82, 2.24) is 8.87 Å². The summed E-state index contributed by atoms with van der Waals surface area (Å²) in [6.45, 7) is 10.4. The van der Waals surface area contributed by atoms with Gasteiger partial charge in [0.25, 0.3) is 5.91 Å². The number of nitrogens with zero attached hydrogens (tertiary/aromatic N) is 3. The highest BCUT2D eigenvalue weighted by Gasteiger charge is 2.25. The van der Waals surface area contributed by atoms with Crippen LogP contribution in [0.3, 0.4) is 0 Å². The number of hydrogen-bond acceptors (Lipinski definition) is 4. The average molecular weight is 407 g/mol. The third-order valence-electron chi connectivity index (χ3n) is 4.81. The molecular formula is C20H30N4O3S. The number of carbonyl (C=O) groups is 1. The zero-order valence-electron chi connectivity index (χ0n) is 17.3. The Morgan fingerprint density at radius 2 is 1.57 bits per heavy atom. The molecule has 2 aromatic rings. The summed E-state index contributed by atoms with van der Waals surface area (Å²) in [5.74, 6) is -0.348. The number of aryl methyl sites for hydroxylation is 1. The Hall–Kier alpha value is -2.32. The summed E-state index contributed by atoms with van der Waals surface area (Å²) in [5.41, 5.74) is 2.04. The molecule has 8 heteroatoms. The molecule has 1 N–H and O–H groups in total. The highest BCUT2D eigenvalue weighted by molar-refractivity contribution is 7.89. The zero-order valence-corrected chi connectivity index (χ0v) is 18.1. The molecule has 1 aromatic heterocycles. The summed E-state index contributed by atoms with van der Waals surface area (Å²) in [7, 11) is -1.94. The van der Waals surface area contributed by atoms with E-state index in [9.17, 15) is 13.2 Å². The van der Waals surface area contributed by atoms with Crippen LogP contribution in [0.15, 0.2) is 41.4 Å². The van der Waals surface area contributed by atoms with E-state index in [-0.39, 0.29) is 10.8 Å². The molecule has 0 saturated heterocycles. The zero-order chi connectivity index (χ0) is 20.9. The topological polar surface area (TPSA) is 74.7 Å². The van der Waals surface area contributed by atoms with Gasteiger partial charge < -0.3 is 14.8 Å². The first-order valence-corrected chi connectivity index (χ1v) is 11.0. The maximum atomic E-state index is 12.7. The third-order valence-corrected chi connectivity index (χ3v) is 6.82. The number of nitrogens with one attached hydrogen (secondary N) is 1. The number of benzene rings is 1. The molecule has 0 spiro atoms. The van der Waals surface area contributed by atoms with Crippen molar-refractivity contribution in [1.29, 1.82) is 0 Å². The number of hydrogen-bond donors (Lipinski definition) is 1. The van der Waals surface area contributed by atoms with E-state index in [1.165, 1.54) is 21.1 Å². The second kappa shape index (κ2) is 9.25. The Morgan fingerprint density at radius 3 is 2.07 bits per heavy atom. The van der Waals surface area contributed by atoms with Crippen molar-refractivity contribution >= 4 is 27.3 Å². The van der Waals surface area contributed by atoms with Crippen molar-refractivity contribution in [2.75, 3.05) is 36.4 Å². The van der Waals surface area contributed by atoms with Crippen LogP contribution in [-0.4, -0.2) is 49.4 Å². The normalized spacial score (nSPS) is 11.6. The first-order valence-electron chi connectivity index (χ1n) is 9.61. The van der Waals surface area contributed by atoms with E-state index >= 15 is 0 Å². The fourth-order valence-corrected chi connectivity index (χ4v) is 4.68. The Bertz CT molecular complexity index is 896. The second-order valence-electron chi connectivity index (χ2n) is 6.43. The summed E-state index contributed by atoms with van der Waals surface area (Å²) in [6.07, 6.45) is 1.48. The molecule has 0 unspecified atom stereocenters. The van der Waals surface area contributed by atoms with Crippen LogP contribution in [0.4, 0.5) is 11.4 Å². The Balaban J connectivity index is 2.21. The van der Waals surface area contributed by atoms with Gasteiger partial charge in [-0.1, -0.05) is 13.8 Å². The molecule has 0 bridgehead atoms. The fraction of sp³-hybridized carbons (Fsp3) is 0.450. The van der Waals surface area contributed by atoms with Gasteiger partial charge in [-0.15, -0.1) is 0 Å². The molecule has 0 aliphatic carbocycles. The maximum absolute atomic E-state index is 12.7. The van der Waals surface area contributed by atoms with Crippen molar-refractivity contribution in [3.63, 3.8) is 0 Å². The van der Waals surface area contributed by atoms with E-state index < -0.39 is 10.0 Å². The van der Waals surface area contributed by atoms with E-state index in [0.29, 0.717) is 24.5 Å². The van der Waals surface area contributed by atoms with Crippen LogP contribution in [0.1, 0.15) is 38.2 Å². The van der Waals surface area contributed by atoms with Gasteiger partial charge in [-0.2, -0.15) is 4.31 Å². The van der Waals surface area contributed by atoms with Crippen molar-refractivity contribution in [3.05, 3.63) is 42.2 Å². The van der Waals surface area contributed by atoms with E-state index in [4.69, 9.17) is 0 Å². The molecule has 7 nitrogen and oxygen atoms in total. The molecule has 1 amide bonds. The lowest BCUT2D eigenvalue weighted by atomic mass is 10.2. The molecule has 0 radical (unpaired) electrons. The van der Waals surface area contributed by atoms with Crippen molar-refractivity contribution in [2.45, 2.75) is 32.6 Å². The lowest BCUT2D eigenvalue weighted by Gasteiger charge is -2.21. The molecule has 0 saturated carbocycles. The molecule has 0 atom stereocenters. The van der Waals surface area contributed by atoms with Crippen molar-refractivity contribution < 1.29 is 13.2 Å². The van der Waals surface area contributed by atoms with Gasteiger partial charge in [0, 0.05) is 50.8 Å². The van der Waals surface area contributed by atoms with Crippen LogP contribution in [0.5, 0.6) is 0 Å². The fourth-order valence-electron chi connectivity index (χ4n) is 3.15. The smallest absolute Gasteiger partial charge is 0.272 e. The second-order valence-corrected chi connectivity index (χ2v) is 8.37. The van der Waals surface area contributed by atoms with Gasteiger partial charge in [-0.25, -0.2) is 8.42 Å². The number of aromatic nitrogens is 1. The van der Waals surface area contributed by atoms with Gasteiger partial charge in [0.15, 0.2) is 0 Å². The Kier molecular flexibility index (Phi) is 7.26. The lowest BCUT2D eigenvalue weighted by molar-refractivity contribution is 0.101. The minimum atomic E-state index is -3.60. The summed E-state index contributed by atoms with van der Waals surface area (Å²) in [6, 6.07) is 9.05. The predicted molar refractivity (Wildman–Crippen MR) is 113 cm³/mol. The minimum absolute atomic E-state index is 0.126. The van der Waals surface area contributed by atoms with Crippen LogP contribution < -0.4 is 10.2 Å². The molecule has 2 rings (SSSR count). The molecule has 0 aliphatic rings. The number of rotatable bonds is 9. The van der Waals surface area contributed by atoms with Gasteiger partial charge in [0.1, 0.15) is 10.6 Å². The molecule has 28 heavy (non-hydrogen) atoms. The summed E-state index contributed by atoms with van der Waals surface area (Å²) in [5, 5.41) is 2.84. The van der Waals surface area contributed by atoms with Crippen LogP contribution in [0.25, 0.3) is 0 Å². The first kappa shape index (κ1) is 22.0. The third kappa shape index (κ3) is 4.56. The van der Waals surface area contributed by atoms with E-state index in [0.717, 1.165) is 18.8 Å². The highest BCUT2D eigenvalue weighted by Crippen LogP contribution is 2.21. The quantitative estimate of drug-likeness (QED) is 0.694. The number of sulfonamides is 1. The first-order chi connectivity index (χ1) is 13.3. The molecular weight excluding hydrogens is 376 g/mol. The molecule has 154 valence electrons. The van der Waals surface area contributed by atoms with Gasteiger partial charge in [-0.05, 0) is 44.2 Å². The minimum Gasteiger partial charge on any atom is -0.372 e. The Labute approximate surface area is 168 Å². The van der Waals surface area contributed by atoms with Gasteiger partial charge in [-0.3, -0.25) is 4.79 Å². The number of anilines is 2. The van der Waals surface area contributed by atoms with Crippen molar-refractivity contribution in [3.8, 4) is 0 Å². The molecule has 1 heterocycles. The standard InChI is InChI=1S/C20H30N4O3S/c1-6-23(7-2)17-12-10-16(11-13-17)21-20(25)19-14-18(15-22(19)5)28(26,27)24(8-3)9-4/h10-15H,6-9H2,1-5H3,(H,21,25). The van der Waals surface area contributed by atoms with E-state index in [1.54, 1.807) is 20.9 Å². The van der Waals surface area contributed by atoms with Crippen LogP contribution >= 0.6 is 0 Å². The molecule has 1 aromatic carbocycles. The lowest BCUT2D eigenvalue weighted by Crippen LogP contribution is -2.30. The molecule has 0 aliphatic heterocycles. The predicted octanol–water partition coefficient (Wildman–Crippen LogP) is 3.15. The monoisotopic (exact) mass is 406 g/mol. The van der Waals surface area contributed by atoms with Crippen LogP contribution in [0.2, 0.25) is 0 Å². The van der Waals surface area contributed by atoms with Crippen LogP contribution in [0, 0.1) is 0 Å². The van der Waals surface area contributed by atoms with Gasteiger partial charge >= 0.3 is 0 Å². The van der Waals surface area contributed by atoms with E-state index in [2.05, 4.69) is 24.1 Å². The van der Waals surface area contributed by atoms with E-state index in [1.807, 2.05) is 24.3 Å². The SMILES string of the molecule is CCN(CC)c1ccc(NC(=O)c2cc(S(=O)(=O)N(CC)CC)cn2C)cc1. The van der Waals surface area contributed by atoms with Gasteiger partial charge in [0.2, 0.25) is 10.0 Å². The summed E-state index contributed by atoms with van der Waals surface area (Å²) in [4.78, 5) is 15.0. The number of carbonyl (C=O) groups excluding carboxylic acids is 1. The maximum Gasteiger partial charge on any atom is 0.272 e.